The Balaban J connectivity index is 2.42. The normalized spacial score (nSPS) is 13.0. The van der Waals surface area contributed by atoms with Crippen molar-refractivity contribution in [2.24, 2.45) is 0 Å². The van der Waals surface area contributed by atoms with Crippen molar-refractivity contribution in [2.45, 2.75) is 52.0 Å². The molecule has 2 aromatic rings. The number of rotatable bonds is 6. The lowest BCUT2D eigenvalue weighted by Gasteiger charge is -2.20. The average Bonchev–Trinajstić information content (AvgIpc) is 2.69. The van der Waals surface area contributed by atoms with Crippen LogP contribution in [-0.4, -0.2) is 9.55 Å². The SMILES string of the molecule is CCCCC(CCC)n1c(N)nc2cc(Br)ccc21. The zero-order chi connectivity index (χ0) is 13.8. The summed E-state index contributed by atoms with van der Waals surface area (Å²) >= 11 is 3.49. The molecule has 0 aliphatic rings. The van der Waals surface area contributed by atoms with Crippen molar-refractivity contribution in [3.8, 4) is 0 Å². The van der Waals surface area contributed by atoms with Gasteiger partial charge in [0.05, 0.1) is 11.0 Å². The quantitative estimate of drug-likeness (QED) is 0.820. The molecule has 1 aromatic carbocycles. The first kappa shape index (κ1) is 14.4. The van der Waals surface area contributed by atoms with Crippen molar-refractivity contribution in [2.75, 3.05) is 5.73 Å². The second-order valence-electron chi connectivity index (χ2n) is 5.06. The predicted octanol–water partition coefficient (Wildman–Crippen LogP) is 4.91. The van der Waals surface area contributed by atoms with Crippen molar-refractivity contribution in [3.05, 3.63) is 22.7 Å². The molecule has 1 atom stereocenters. The first-order chi connectivity index (χ1) is 9.17. The molecular weight excluding hydrogens is 302 g/mol. The number of nitrogens with two attached hydrogens (primary N) is 1. The molecule has 0 aliphatic carbocycles. The second kappa shape index (κ2) is 6.42. The van der Waals surface area contributed by atoms with Gasteiger partial charge in [-0.3, -0.25) is 0 Å². The minimum absolute atomic E-state index is 0.469. The van der Waals surface area contributed by atoms with E-state index in [4.69, 9.17) is 5.73 Å². The Kier molecular flexibility index (Phi) is 4.86. The summed E-state index contributed by atoms with van der Waals surface area (Å²) in [5, 5.41) is 0. The molecule has 19 heavy (non-hydrogen) atoms. The summed E-state index contributed by atoms with van der Waals surface area (Å²) < 4.78 is 3.27. The van der Waals surface area contributed by atoms with Gasteiger partial charge in [0, 0.05) is 10.5 Å². The summed E-state index contributed by atoms with van der Waals surface area (Å²) in [6.45, 7) is 4.46. The summed E-state index contributed by atoms with van der Waals surface area (Å²) in [5.41, 5.74) is 8.27. The van der Waals surface area contributed by atoms with Crippen LogP contribution in [0.2, 0.25) is 0 Å². The number of fused-ring (bicyclic) bond motifs is 1. The van der Waals surface area contributed by atoms with Gasteiger partial charge < -0.3 is 10.3 Å². The van der Waals surface area contributed by atoms with Crippen LogP contribution < -0.4 is 5.73 Å². The summed E-state index contributed by atoms with van der Waals surface area (Å²) in [4.78, 5) is 4.50. The molecule has 1 aromatic heterocycles. The molecule has 104 valence electrons. The molecule has 1 heterocycles. The minimum Gasteiger partial charge on any atom is -0.369 e. The number of imidazole rings is 1. The van der Waals surface area contributed by atoms with Crippen molar-refractivity contribution >= 4 is 32.9 Å². The molecule has 4 heteroatoms. The molecule has 0 fully saturated rings. The van der Waals surface area contributed by atoms with E-state index in [0.717, 1.165) is 21.9 Å². The van der Waals surface area contributed by atoms with Crippen LogP contribution in [0, 0.1) is 0 Å². The van der Waals surface area contributed by atoms with Gasteiger partial charge in [0.15, 0.2) is 0 Å². The standard InChI is InChI=1S/C15H22BrN3/c1-3-5-7-12(6-4-2)19-14-9-8-11(16)10-13(14)18-15(19)17/h8-10,12H,3-7H2,1-2H3,(H2,17,18). The zero-order valence-corrected chi connectivity index (χ0v) is 13.3. The number of benzene rings is 1. The van der Waals surface area contributed by atoms with Gasteiger partial charge in [-0.15, -0.1) is 0 Å². The number of hydrogen-bond donors (Lipinski definition) is 1. The van der Waals surface area contributed by atoms with Crippen molar-refractivity contribution in [3.63, 3.8) is 0 Å². The van der Waals surface area contributed by atoms with E-state index < -0.39 is 0 Å². The molecule has 0 aliphatic heterocycles. The Morgan fingerprint density at radius 1 is 1.26 bits per heavy atom. The fraction of sp³-hybridized carbons (Fsp3) is 0.533. The molecule has 3 nitrogen and oxygen atoms in total. The van der Waals surface area contributed by atoms with E-state index in [2.05, 4.69) is 51.5 Å². The fourth-order valence-electron chi connectivity index (χ4n) is 2.65. The van der Waals surface area contributed by atoms with Crippen LogP contribution in [0.15, 0.2) is 22.7 Å². The Morgan fingerprint density at radius 3 is 2.74 bits per heavy atom. The van der Waals surface area contributed by atoms with Gasteiger partial charge in [-0.2, -0.15) is 0 Å². The summed E-state index contributed by atoms with van der Waals surface area (Å²) in [6.07, 6.45) is 5.96. The van der Waals surface area contributed by atoms with Crippen molar-refractivity contribution in [1.82, 2.24) is 9.55 Å². The van der Waals surface area contributed by atoms with Crippen molar-refractivity contribution < 1.29 is 0 Å². The van der Waals surface area contributed by atoms with E-state index in [1.807, 2.05) is 6.07 Å². The van der Waals surface area contributed by atoms with Gasteiger partial charge in [-0.25, -0.2) is 4.98 Å². The Bertz CT molecular complexity index is 548. The van der Waals surface area contributed by atoms with Crippen LogP contribution in [0.1, 0.15) is 52.0 Å². The maximum absolute atomic E-state index is 6.14. The molecule has 1 unspecified atom stereocenters. The zero-order valence-electron chi connectivity index (χ0n) is 11.7. The third kappa shape index (κ3) is 3.11. The van der Waals surface area contributed by atoms with E-state index in [-0.39, 0.29) is 0 Å². The fourth-order valence-corrected chi connectivity index (χ4v) is 3.00. The third-order valence-corrected chi connectivity index (χ3v) is 4.05. The highest BCUT2D eigenvalue weighted by atomic mass is 79.9. The molecule has 0 bridgehead atoms. The van der Waals surface area contributed by atoms with Crippen molar-refractivity contribution in [1.29, 1.82) is 0 Å². The van der Waals surface area contributed by atoms with E-state index >= 15 is 0 Å². The van der Waals surface area contributed by atoms with Gasteiger partial charge in [-0.05, 0) is 31.0 Å². The van der Waals surface area contributed by atoms with Gasteiger partial charge in [0.1, 0.15) is 0 Å². The molecule has 0 amide bonds. The van der Waals surface area contributed by atoms with E-state index in [1.54, 1.807) is 0 Å². The van der Waals surface area contributed by atoms with Crippen LogP contribution in [0.25, 0.3) is 11.0 Å². The van der Waals surface area contributed by atoms with Gasteiger partial charge >= 0.3 is 0 Å². The Labute approximate surface area is 123 Å². The number of aromatic nitrogens is 2. The largest absolute Gasteiger partial charge is 0.369 e. The smallest absolute Gasteiger partial charge is 0.201 e. The molecule has 2 N–H and O–H groups in total. The molecule has 0 saturated carbocycles. The highest BCUT2D eigenvalue weighted by molar-refractivity contribution is 9.10. The maximum Gasteiger partial charge on any atom is 0.201 e. The topological polar surface area (TPSA) is 43.8 Å². The minimum atomic E-state index is 0.469. The number of hydrogen-bond acceptors (Lipinski definition) is 2. The van der Waals surface area contributed by atoms with Crippen LogP contribution in [0.4, 0.5) is 5.95 Å². The molecule has 0 radical (unpaired) electrons. The average molecular weight is 324 g/mol. The van der Waals surface area contributed by atoms with E-state index in [9.17, 15) is 0 Å². The first-order valence-corrected chi connectivity index (χ1v) is 7.89. The lowest BCUT2D eigenvalue weighted by Crippen LogP contribution is -2.12. The van der Waals surface area contributed by atoms with Gasteiger partial charge in [0.2, 0.25) is 5.95 Å². The van der Waals surface area contributed by atoms with Gasteiger partial charge in [0.25, 0.3) is 0 Å². The number of anilines is 1. The molecule has 2 rings (SSSR count). The van der Waals surface area contributed by atoms with E-state index in [1.165, 1.54) is 25.7 Å². The summed E-state index contributed by atoms with van der Waals surface area (Å²) in [6, 6.07) is 6.67. The molecule has 0 spiro atoms. The summed E-state index contributed by atoms with van der Waals surface area (Å²) in [7, 11) is 0. The van der Waals surface area contributed by atoms with Crippen LogP contribution in [0.5, 0.6) is 0 Å². The lowest BCUT2D eigenvalue weighted by atomic mass is 10.0. The number of nitrogen functional groups attached to an aromatic ring is 1. The molecular formula is C15H22BrN3. The number of halogens is 1. The van der Waals surface area contributed by atoms with Crippen LogP contribution >= 0.6 is 15.9 Å². The van der Waals surface area contributed by atoms with Gasteiger partial charge in [-0.1, -0.05) is 49.0 Å². The highest BCUT2D eigenvalue weighted by Crippen LogP contribution is 2.30. The lowest BCUT2D eigenvalue weighted by molar-refractivity contribution is 0.430. The van der Waals surface area contributed by atoms with Crippen LogP contribution in [0.3, 0.4) is 0 Å². The third-order valence-electron chi connectivity index (χ3n) is 3.56. The number of nitrogens with zero attached hydrogens (tertiary/aromatic N) is 2. The monoisotopic (exact) mass is 323 g/mol. The maximum atomic E-state index is 6.14. The number of unbranched alkanes of at least 4 members (excludes halogenated alkanes) is 1. The Morgan fingerprint density at radius 2 is 2.05 bits per heavy atom. The first-order valence-electron chi connectivity index (χ1n) is 7.10. The Hall–Kier alpha value is -1.03. The highest BCUT2D eigenvalue weighted by Gasteiger charge is 2.16. The van der Waals surface area contributed by atoms with Crippen LogP contribution in [-0.2, 0) is 0 Å². The molecule has 0 saturated heterocycles. The predicted molar refractivity (Wildman–Crippen MR) is 85.3 cm³/mol. The second-order valence-corrected chi connectivity index (χ2v) is 5.97. The van der Waals surface area contributed by atoms with E-state index in [0.29, 0.717) is 12.0 Å². The summed E-state index contributed by atoms with van der Waals surface area (Å²) in [5.74, 6) is 0.641.